The molecule has 2 heterocycles. The zero-order valence-corrected chi connectivity index (χ0v) is 21.9. The van der Waals surface area contributed by atoms with Gasteiger partial charge in [-0.05, 0) is 48.4 Å². The van der Waals surface area contributed by atoms with Crippen molar-refractivity contribution in [3.8, 4) is 0 Å². The maximum absolute atomic E-state index is 13.5. The Labute approximate surface area is 216 Å². The van der Waals surface area contributed by atoms with E-state index in [1.807, 2.05) is 40.3 Å². The van der Waals surface area contributed by atoms with Crippen LogP contribution in [0.3, 0.4) is 0 Å². The van der Waals surface area contributed by atoms with Gasteiger partial charge >= 0.3 is 0 Å². The third-order valence-electron chi connectivity index (χ3n) is 7.76. The van der Waals surface area contributed by atoms with E-state index in [1.54, 1.807) is 13.1 Å². The number of para-hydroxylation sites is 1. The molecule has 36 heavy (non-hydrogen) atoms. The Morgan fingerprint density at radius 3 is 2.44 bits per heavy atom. The van der Waals surface area contributed by atoms with Crippen molar-refractivity contribution in [3.63, 3.8) is 0 Å². The fourth-order valence-electron chi connectivity index (χ4n) is 5.77. The molecule has 0 spiro atoms. The van der Waals surface area contributed by atoms with E-state index in [4.69, 9.17) is 0 Å². The van der Waals surface area contributed by atoms with Gasteiger partial charge in [-0.25, -0.2) is 0 Å². The summed E-state index contributed by atoms with van der Waals surface area (Å²) in [4.78, 5) is 36.8. The maximum Gasteiger partial charge on any atom is 0.223 e. The molecule has 194 valence electrons. The molecule has 2 aliphatic rings. The Balaban J connectivity index is 1.51. The number of pyridine rings is 1. The van der Waals surface area contributed by atoms with Crippen LogP contribution in [0.15, 0.2) is 48.8 Å². The lowest BCUT2D eigenvalue weighted by Crippen LogP contribution is -2.38. The summed E-state index contributed by atoms with van der Waals surface area (Å²) in [5.74, 6) is 1.000. The molecule has 4 rings (SSSR count). The summed E-state index contributed by atoms with van der Waals surface area (Å²) in [5, 5.41) is 0. The van der Waals surface area contributed by atoms with Gasteiger partial charge in [-0.3, -0.25) is 19.5 Å². The summed E-state index contributed by atoms with van der Waals surface area (Å²) in [5.41, 5.74) is 3.19. The number of aromatic nitrogens is 1. The van der Waals surface area contributed by atoms with E-state index in [9.17, 15) is 9.59 Å². The second-order valence-electron chi connectivity index (χ2n) is 10.5. The Morgan fingerprint density at radius 2 is 1.69 bits per heavy atom. The Bertz CT molecular complexity index is 974. The van der Waals surface area contributed by atoms with E-state index in [0.29, 0.717) is 25.4 Å². The third-order valence-corrected chi connectivity index (χ3v) is 7.76. The first-order valence-corrected chi connectivity index (χ1v) is 13.8. The van der Waals surface area contributed by atoms with Crippen molar-refractivity contribution in [2.24, 2.45) is 5.92 Å². The molecule has 0 atom stereocenters. The third kappa shape index (κ3) is 7.63. The van der Waals surface area contributed by atoms with Gasteiger partial charge < -0.3 is 9.80 Å². The first-order chi connectivity index (χ1) is 17.6. The zero-order chi connectivity index (χ0) is 25.2. The maximum atomic E-state index is 13.5. The highest BCUT2D eigenvalue weighted by Crippen LogP contribution is 2.28. The number of hydrogen-bond donors (Lipinski definition) is 0. The van der Waals surface area contributed by atoms with Gasteiger partial charge in [-0.2, -0.15) is 0 Å². The van der Waals surface area contributed by atoms with Crippen molar-refractivity contribution < 1.29 is 9.59 Å². The average Bonchev–Trinajstić information content (AvgIpc) is 2.89. The van der Waals surface area contributed by atoms with Crippen molar-refractivity contribution in [2.45, 2.75) is 77.8 Å². The summed E-state index contributed by atoms with van der Waals surface area (Å²) in [6, 6.07) is 12.2. The molecule has 0 unspecified atom stereocenters. The number of carbonyl (C=O) groups is 2. The average molecular weight is 491 g/mol. The molecule has 1 fully saturated rings. The number of amides is 2. The number of anilines is 1. The van der Waals surface area contributed by atoms with Crippen molar-refractivity contribution >= 4 is 17.5 Å². The number of nitrogens with zero attached hydrogens (tertiary/aromatic N) is 4. The molecule has 0 radical (unpaired) electrons. The van der Waals surface area contributed by atoms with E-state index in [1.165, 1.54) is 37.7 Å². The van der Waals surface area contributed by atoms with Crippen LogP contribution in [0.1, 0.15) is 75.8 Å². The second kappa shape index (κ2) is 13.5. The molecular formula is C30H42N4O2. The Hall–Kier alpha value is -2.73. The lowest BCUT2D eigenvalue weighted by atomic mass is 9.86. The topological polar surface area (TPSA) is 56.8 Å². The highest BCUT2D eigenvalue weighted by atomic mass is 16.2. The molecule has 1 aromatic carbocycles. The standard InChI is InChI=1S/C30H42N4O2/c1-25(35)34-21-9-19-32(23-27-12-7-17-31-22-27)18-8-20-33(24-28-13-5-6-14-29(28)34)30(36)16-15-26-10-3-2-4-11-26/h5-7,12-14,17,22,26H,2-4,8-11,15-16,18-21,23-24H2,1H3. The molecule has 0 bridgehead atoms. The highest BCUT2D eigenvalue weighted by molar-refractivity contribution is 5.92. The summed E-state index contributed by atoms with van der Waals surface area (Å²) in [7, 11) is 0. The lowest BCUT2D eigenvalue weighted by Gasteiger charge is -2.31. The summed E-state index contributed by atoms with van der Waals surface area (Å²) >= 11 is 0. The summed E-state index contributed by atoms with van der Waals surface area (Å²) < 4.78 is 0. The molecule has 0 N–H and O–H groups in total. The fourth-order valence-corrected chi connectivity index (χ4v) is 5.77. The van der Waals surface area contributed by atoms with E-state index in [0.717, 1.165) is 56.7 Å². The summed E-state index contributed by atoms with van der Waals surface area (Å²) in [6.07, 6.45) is 13.7. The van der Waals surface area contributed by atoms with Crippen LogP contribution < -0.4 is 4.90 Å². The molecule has 1 aliphatic carbocycles. The number of carbonyl (C=O) groups excluding carboxylic acids is 2. The van der Waals surface area contributed by atoms with Crippen molar-refractivity contribution in [1.29, 1.82) is 0 Å². The monoisotopic (exact) mass is 490 g/mol. The molecule has 2 amide bonds. The van der Waals surface area contributed by atoms with Crippen LogP contribution in [0.2, 0.25) is 0 Å². The minimum Gasteiger partial charge on any atom is -0.338 e. The van der Waals surface area contributed by atoms with Crippen LogP contribution in [-0.2, 0) is 22.7 Å². The predicted molar refractivity (Wildman–Crippen MR) is 144 cm³/mol. The molecular weight excluding hydrogens is 448 g/mol. The van der Waals surface area contributed by atoms with Gasteiger partial charge in [0.15, 0.2) is 0 Å². The second-order valence-corrected chi connectivity index (χ2v) is 10.5. The molecule has 6 nitrogen and oxygen atoms in total. The molecule has 1 saturated carbocycles. The van der Waals surface area contributed by atoms with Crippen molar-refractivity contribution in [3.05, 3.63) is 59.9 Å². The van der Waals surface area contributed by atoms with E-state index in [-0.39, 0.29) is 11.8 Å². The normalized spacial score (nSPS) is 18.7. The molecule has 6 heteroatoms. The molecule has 1 aromatic heterocycles. The number of benzene rings is 1. The smallest absolute Gasteiger partial charge is 0.223 e. The van der Waals surface area contributed by atoms with Gasteiger partial charge in [0.1, 0.15) is 0 Å². The van der Waals surface area contributed by atoms with Gasteiger partial charge in [-0.1, -0.05) is 56.4 Å². The largest absolute Gasteiger partial charge is 0.338 e. The van der Waals surface area contributed by atoms with Crippen molar-refractivity contribution in [2.75, 3.05) is 31.1 Å². The Kier molecular flexibility index (Phi) is 9.91. The Morgan fingerprint density at radius 1 is 0.917 bits per heavy atom. The van der Waals surface area contributed by atoms with Crippen LogP contribution in [0.5, 0.6) is 0 Å². The number of fused-ring (bicyclic) bond motifs is 1. The van der Waals surface area contributed by atoms with Crippen LogP contribution in [0.4, 0.5) is 5.69 Å². The summed E-state index contributed by atoms with van der Waals surface area (Å²) in [6.45, 7) is 6.27. The number of hydrogen-bond acceptors (Lipinski definition) is 4. The van der Waals surface area contributed by atoms with Gasteiger partial charge in [0.25, 0.3) is 0 Å². The van der Waals surface area contributed by atoms with Crippen LogP contribution in [0, 0.1) is 5.92 Å². The van der Waals surface area contributed by atoms with Gasteiger partial charge in [0.2, 0.25) is 11.8 Å². The van der Waals surface area contributed by atoms with Gasteiger partial charge in [-0.15, -0.1) is 0 Å². The molecule has 2 aromatic rings. The van der Waals surface area contributed by atoms with Gasteiger partial charge in [0, 0.05) is 70.7 Å². The first-order valence-electron chi connectivity index (χ1n) is 13.8. The zero-order valence-electron chi connectivity index (χ0n) is 21.9. The van der Waals surface area contributed by atoms with Crippen LogP contribution >= 0.6 is 0 Å². The number of rotatable bonds is 5. The molecule has 0 saturated heterocycles. The lowest BCUT2D eigenvalue weighted by molar-refractivity contribution is -0.132. The minimum atomic E-state index is 0.0495. The van der Waals surface area contributed by atoms with E-state index >= 15 is 0 Å². The highest BCUT2D eigenvalue weighted by Gasteiger charge is 2.22. The first kappa shape index (κ1) is 26.3. The minimum absolute atomic E-state index is 0.0495. The quantitative estimate of drug-likeness (QED) is 0.562. The molecule has 1 aliphatic heterocycles. The predicted octanol–water partition coefficient (Wildman–Crippen LogP) is 5.42. The van der Waals surface area contributed by atoms with E-state index in [2.05, 4.69) is 22.0 Å². The van der Waals surface area contributed by atoms with Gasteiger partial charge in [0.05, 0.1) is 0 Å². The van der Waals surface area contributed by atoms with E-state index < -0.39 is 0 Å². The van der Waals surface area contributed by atoms with Crippen molar-refractivity contribution in [1.82, 2.24) is 14.8 Å². The SMILES string of the molecule is CC(=O)N1CCCN(Cc2cccnc2)CCCN(C(=O)CCC2CCCCC2)Cc2ccccc21. The fraction of sp³-hybridized carbons (Fsp3) is 0.567. The van der Waals surface area contributed by atoms with Crippen LogP contribution in [-0.4, -0.2) is 52.8 Å². The van der Waals surface area contributed by atoms with Crippen LogP contribution in [0.25, 0.3) is 0 Å².